The van der Waals surface area contributed by atoms with Crippen LogP contribution in [0.1, 0.15) is 6.92 Å². The number of alkyl halides is 1. The third-order valence-electron chi connectivity index (χ3n) is 1.17. The van der Waals surface area contributed by atoms with Crippen molar-refractivity contribution in [3.05, 3.63) is 12.2 Å². The molecule has 0 rings (SSSR count). The fourth-order valence-corrected chi connectivity index (χ4v) is 0.906. The number of carbonyl (C=O) groups is 1. The van der Waals surface area contributed by atoms with E-state index in [-0.39, 0.29) is 10.8 Å². The van der Waals surface area contributed by atoms with Crippen LogP contribution in [0.2, 0.25) is 0 Å². The number of hydrogen-bond donors (Lipinski definition) is 0. The van der Waals surface area contributed by atoms with Gasteiger partial charge in [0.1, 0.15) is 4.83 Å². The van der Waals surface area contributed by atoms with Gasteiger partial charge in [-0.05, 0) is 6.92 Å². The van der Waals surface area contributed by atoms with Gasteiger partial charge in [-0.1, -0.05) is 28.1 Å². The molecular formula is C8H13BrO3. The van der Waals surface area contributed by atoms with E-state index < -0.39 is 0 Å². The summed E-state index contributed by atoms with van der Waals surface area (Å²) in [4.78, 5) is 10.4. The van der Waals surface area contributed by atoms with Gasteiger partial charge in [-0.3, -0.25) is 4.79 Å². The fourth-order valence-electron chi connectivity index (χ4n) is 0.532. The highest BCUT2D eigenvalue weighted by atomic mass is 79.9. The second-order valence-corrected chi connectivity index (χ2v) is 3.20. The van der Waals surface area contributed by atoms with E-state index in [1.807, 2.05) is 19.1 Å². The minimum absolute atomic E-state index is 0.310. The van der Waals surface area contributed by atoms with Crippen LogP contribution in [0.5, 0.6) is 0 Å². The average Bonchev–Trinajstić information content (AvgIpc) is 2.10. The summed E-state index contributed by atoms with van der Waals surface area (Å²) in [6.07, 6.45) is 3.76. The summed E-state index contributed by atoms with van der Waals surface area (Å²) in [6, 6.07) is 0. The Labute approximate surface area is 80.9 Å². The molecular weight excluding hydrogens is 224 g/mol. The molecule has 3 nitrogen and oxygen atoms in total. The Morgan fingerprint density at radius 1 is 1.67 bits per heavy atom. The van der Waals surface area contributed by atoms with Crippen LogP contribution in [0.15, 0.2) is 12.2 Å². The van der Waals surface area contributed by atoms with Crippen molar-refractivity contribution in [1.29, 1.82) is 0 Å². The van der Waals surface area contributed by atoms with Crippen molar-refractivity contribution in [2.75, 3.05) is 20.3 Å². The first kappa shape index (κ1) is 11.6. The van der Waals surface area contributed by atoms with Crippen molar-refractivity contribution in [1.82, 2.24) is 0 Å². The molecule has 0 radical (unpaired) electrons. The van der Waals surface area contributed by atoms with Crippen LogP contribution in [0.25, 0.3) is 0 Å². The summed E-state index contributed by atoms with van der Waals surface area (Å²) in [7, 11) is 1.35. The lowest BCUT2D eigenvalue weighted by Gasteiger charge is -2.06. The zero-order valence-electron chi connectivity index (χ0n) is 7.25. The molecule has 0 bridgehead atoms. The molecule has 0 saturated carbocycles. The van der Waals surface area contributed by atoms with Crippen LogP contribution in [-0.4, -0.2) is 31.1 Å². The van der Waals surface area contributed by atoms with Gasteiger partial charge in [0.15, 0.2) is 0 Å². The van der Waals surface area contributed by atoms with Crippen molar-refractivity contribution < 1.29 is 14.3 Å². The van der Waals surface area contributed by atoms with Crippen molar-refractivity contribution in [3.8, 4) is 0 Å². The Balaban J connectivity index is 3.43. The van der Waals surface area contributed by atoms with Crippen molar-refractivity contribution in [2.45, 2.75) is 11.8 Å². The molecule has 1 atom stereocenters. The maximum Gasteiger partial charge on any atom is 0.321 e. The predicted octanol–water partition coefficient (Wildman–Crippen LogP) is 1.52. The SMILES string of the molecule is C/C=C/COCC(Br)C(=O)OC. The van der Waals surface area contributed by atoms with E-state index in [4.69, 9.17) is 4.74 Å². The minimum Gasteiger partial charge on any atom is -0.468 e. The van der Waals surface area contributed by atoms with E-state index in [0.29, 0.717) is 13.2 Å². The monoisotopic (exact) mass is 236 g/mol. The molecule has 0 amide bonds. The van der Waals surface area contributed by atoms with Gasteiger partial charge in [0, 0.05) is 0 Å². The van der Waals surface area contributed by atoms with E-state index in [1.165, 1.54) is 7.11 Å². The third-order valence-corrected chi connectivity index (χ3v) is 1.81. The minimum atomic E-state index is -0.368. The fraction of sp³-hybridized carbons (Fsp3) is 0.625. The Morgan fingerprint density at radius 2 is 2.33 bits per heavy atom. The number of carbonyl (C=O) groups excluding carboxylic acids is 1. The van der Waals surface area contributed by atoms with Crippen molar-refractivity contribution in [3.63, 3.8) is 0 Å². The van der Waals surface area contributed by atoms with Gasteiger partial charge in [-0.2, -0.15) is 0 Å². The van der Waals surface area contributed by atoms with Gasteiger partial charge in [0.2, 0.25) is 0 Å². The van der Waals surface area contributed by atoms with Crippen molar-refractivity contribution in [2.24, 2.45) is 0 Å². The van der Waals surface area contributed by atoms with Crippen LogP contribution in [-0.2, 0) is 14.3 Å². The zero-order valence-corrected chi connectivity index (χ0v) is 8.83. The third kappa shape index (κ3) is 5.32. The van der Waals surface area contributed by atoms with Gasteiger partial charge < -0.3 is 9.47 Å². The predicted molar refractivity (Wildman–Crippen MR) is 50.4 cm³/mol. The molecule has 12 heavy (non-hydrogen) atoms. The Kier molecular flexibility index (Phi) is 7.09. The molecule has 0 spiro atoms. The molecule has 0 aromatic heterocycles. The Morgan fingerprint density at radius 3 is 2.83 bits per heavy atom. The standard InChI is InChI=1S/C8H13BrO3/c1-3-4-5-12-6-7(9)8(10)11-2/h3-4,7H,5-6H2,1-2H3/b4-3+. The summed E-state index contributed by atoms with van der Waals surface area (Å²) in [5, 5.41) is 0. The second kappa shape index (κ2) is 7.31. The number of rotatable bonds is 5. The smallest absolute Gasteiger partial charge is 0.321 e. The molecule has 0 aromatic rings. The first-order valence-electron chi connectivity index (χ1n) is 3.63. The normalized spacial score (nSPS) is 13.2. The van der Waals surface area contributed by atoms with E-state index >= 15 is 0 Å². The number of esters is 1. The lowest BCUT2D eigenvalue weighted by molar-refractivity contribution is -0.140. The topological polar surface area (TPSA) is 35.5 Å². The van der Waals surface area contributed by atoms with Crippen LogP contribution < -0.4 is 0 Å². The van der Waals surface area contributed by atoms with Gasteiger partial charge >= 0.3 is 5.97 Å². The number of methoxy groups -OCH3 is 1. The number of halogens is 1. The van der Waals surface area contributed by atoms with Gasteiger partial charge in [-0.15, -0.1) is 0 Å². The van der Waals surface area contributed by atoms with E-state index in [2.05, 4.69) is 20.7 Å². The van der Waals surface area contributed by atoms with Crippen LogP contribution in [0, 0.1) is 0 Å². The van der Waals surface area contributed by atoms with Crippen LogP contribution in [0.3, 0.4) is 0 Å². The Hall–Kier alpha value is -0.350. The first-order valence-corrected chi connectivity index (χ1v) is 4.54. The molecule has 0 N–H and O–H groups in total. The molecule has 0 aliphatic carbocycles. The van der Waals surface area contributed by atoms with E-state index in [9.17, 15) is 4.79 Å². The molecule has 0 aliphatic rings. The zero-order chi connectivity index (χ0) is 9.40. The molecule has 0 saturated heterocycles. The number of ether oxygens (including phenoxy) is 2. The number of hydrogen-bond acceptors (Lipinski definition) is 3. The highest BCUT2D eigenvalue weighted by Gasteiger charge is 2.14. The van der Waals surface area contributed by atoms with E-state index in [1.54, 1.807) is 0 Å². The Bertz CT molecular complexity index is 156. The lowest BCUT2D eigenvalue weighted by Crippen LogP contribution is -2.21. The molecule has 0 heterocycles. The molecule has 70 valence electrons. The highest BCUT2D eigenvalue weighted by Crippen LogP contribution is 2.01. The number of allylic oxidation sites excluding steroid dienone is 1. The van der Waals surface area contributed by atoms with Gasteiger partial charge in [-0.25, -0.2) is 0 Å². The summed E-state index contributed by atoms with van der Waals surface area (Å²) in [5.41, 5.74) is 0. The summed E-state index contributed by atoms with van der Waals surface area (Å²) < 4.78 is 9.61. The summed E-state index contributed by atoms with van der Waals surface area (Å²) >= 11 is 3.13. The summed E-state index contributed by atoms with van der Waals surface area (Å²) in [6.45, 7) is 2.77. The molecule has 0 aliphatic heterocycles. The molecule has 1 unspecified atom stereocenters. The first-order chi connectivity index (χ1) is 5.72. The largest absolute Gasteiger partial charge is 0.468 e. The quantitative estimate of drug-likeness (QED) is 0.314. The van der Waals surface area contributed by atoms with E-state index in [0.717, 1.165) is 0 Å². The highest BCUT2D eigenvalue weighted by molar-refractivity contribution is 9.10. The molecule has 4 heteroatoms. The van der Waals surface area contributed by atoms with Crippen LogP contribution >= 0.6 is 15.9 Å². The van der Waals surface area contributed by atoms with Gasteiger partial charge in [0.05, 0.1) is 20.3 Å². The van der Waals surface area contributed by atoms with Gasteiger partial charge in [0.25, 0.3) is 0 Å². The maximum absolute atomic E-state index is 10.8. The average molecular weight is 237 g/mol. The maximum atomic E-state index is 10.8. The molecule has 0 fully saturated rings. The molecule has 0 aromatic carbocycles. The lowest BCUT2D eigenvalue weighted by atomic mass is 10.4. The van der Waals surface area contributed by atoms with Crippen molar-refractivity contribution >= 4 is 21.9 Å². The van der Waals surface area contributed by atoms with Crippen LogP contribution in [0.4, 0.5) is 0 Å². The summed E-state index contributed by atoms with van der Waals surface area (Å²) in [5.74, 6) is -0.310. The second-order valence-electron chi connectivity index (χ2n) is 2.10.